The summed E-state index contributed by atoms with van der Waals surface area (Å²) in [5, 5.41) is 3.47. The molecule has 1 atom stereocenters. The molecule has 0 spiro atoms. The number of hydrogen-bond donors (Lipinski definition) is 1. The molecule has 1 unspecified atom stereocenters. The molecule has 106 valence electrons. The summed E-state index contributed by atoms with van der Waals surface area (Å²) in [6.07, 6.45) is 0.607. The molecule has 0 amide bonds. The second-order valence-corrected chi connectivity index (χ2v) is 5.04. The van der Waals surface area contributed by atoms with E-state index in [2.05, 4.69) is 5.32 Å². The van der Waals surface area contributed by atoms with Gasteiger partial charge in [0.2, 0.25) is 0 Å². The summed E-state index contributed by atoms with van der Waals surface area (Å²) in [7, 11) is 0. The van der Waals surface area contributed by atoms with Crippen molar-refractivity contribution >= 4 is 17.3 Å². The third-order valence-electron chi connectivity index (χ3n) is 2.89. The summed E-state index contributed by atoms with van der Waals surface area (Å²) in [5.41, 5.74) is 0.961. The lowest BCUT2D eigenvalue weighted by atomic mass is 10.1. The fourth-order valence-electron chi connectivity index (χ4n) is 1.93. The van der Waals surface area contributed by atoms with E-state index in [1.807, 2.05) is 19.1 Å². The first-order valence-corrected chi connectivity index (χ1v) is 6.49. The van der Waals surface area contributed by atoms with E-state index in [9.17, 15) is 13.2 Å². The lowest BCUT2D eigenvalue weighted by Gasteiger charge is -2.16. The molecule has 2 aromatic carbocycles. The van der Waals surface area contributed by atoms with Crippen LogP contribution in [0.3, 0.4) is 0 Å². The van der Waals surface area contributed by atoms with E-state index in [0.717, 1.165) is 11.6 Å². The minimum Gasteiger partial charge on any atom is -0.380 e. The molecule has 0 aliphatic heterocycles. The molecule has 0 saturated carbocycles. The van der Waals surface area contributed by atoms with Crippen LogP contribution < -0.4 is 5.32 Å². The minimum atomic E-state index is -1.46. The molecule has 0 fully saturated rings. The van der Waals surface area contributed by atoms with Crippen molar-refractivity contribution < 1.29 is 13.2 Å². The van der Waals surface area contributed by atoms with Gasteiger partial charge in [-0.25, -0.2) is 13.2 Å². The van der Waals surface area contributed by atoms with Crippen molar-refractivity contribution in [1.29, 1.82) is 0 Å². The molecule has 2 rings (SSSR count). The summed E-state index contributed by atoms with van der Waals surface area (Å²) in [4.78, 5) is 0. The van der Waals surface area contributed by atoms with E-state index < -0.39 is 17.5 Å². The van der Waals surface area contributed by atoms with Gasteiger partial charge in [-0.15, -0.1) is 0 Å². The maximum Gasteiger partial charge on any atom is 0.196 e. The Morgan fingerprint density at radius 2 is 1.65 bits per heavy atom. The van der Waals surface area contributed by atoms with Gasteiger partial charge in [-0.05, 0) is 43.2 Å². The Labute approximate surface area is 120 Å². The maximum atomic E-state index is 13.5. The highest BCUT2D eigenvalue weighted by molar-refractivity contribution is 6.30. The van der Waals surface area contributed by atoms with E-state index in [-0.39, 0.29) is 11.7 Å². The summed E-state index contributed by atoms with van der Waals surface area (Å²) < 4.78 is 39.5. The summed E-state index contributed by atoms with van der Waals surface area (Å²) in [5.74, 6) is -3.86. The lowest BCUT2D eigenvalue weighted by Crippen LogP contribution is -2.19. The van der Waals surface area contributed by atoms with Crippen LogP contribution in [0.5, 0.6) is 0 Å². The van der Waals surface area contributed by atoms with Crippen LogP contribution in [-0.2, 0) is 6.42 Å². The van der Waals surface area contributed by atoms with Gasteiger partial charge >= 0.3 is 0 Å². The number of nitrogens with one attached hydrogen (secondary N) is 1. The number of halogens is 4. The zero-order valence-electron chi connectivity index (χ0n) is 10.8. The van der Waals surface area contributed by atoms with Crippen LogP contribution in [-0.4, -0.2) is 6.04 Å². The van der Waals surface area contributed by atoms with Gasteiger partial charge in [-0.3, -0.25) is 0 Å². The molecule has 20 heavy (non-hydrogen) atoms. The Morgan fingerprint density at radius 1 is 1.00 bits per heavy atom. The predicted octanol–water partition coefficient (Wildman–Crippen LogP) is 4.80. The summed E-state index contributed by atoms with van der Waals surface area (Å²) in [6.45, 7) is 1.83. The van der Waals surface area contributed by atoms with Gasteiger partial charge in [0.15, 0.2) is 17.5 Å². The first-order chi connectivity index (χ1) is 9.47. The molecular formula is C15H13ClF3N. The van der Waals surface area contributed by atoms with Crippen molar-refractivity contribution in [3.05, 3.63) is 64.4 Å². The lowest BCUT2D eigenvalue weighted by molar-refractivity contribution is 0.448. The van der Waals surface area contributed by atoms with Crippen molar-refractivity contribution in [2.24, 2.45) is 0 Å². The molecule has 5 heteroatoms. The van der Waals surface area contributed by atoms with Crippen LogP contribution in [0.15, 0.2) is 36.4 Å². The predicted molar refractivity (Wildman–Crippen MR) is 74.6 cm³/mol. The maximum absolute atomic E-state index is 13.5. The number of rotatable bonds is 4. The minimum absolute atomic E-state index is 0.0506. The van der Waals surface area contributed by atoms with E-state index in [1.165, 1.54) is 6.07 Å². The molecule has 1 nitrogen and oxygen atoms in total. The zero-order chi connectivity index (χ0) is 14.7. The highest BCUT2D eigenvalue weighted by Crippen LogP contribution is 2.21. The van der Waals surface area contributed by atoms with Crippen LogP contribution >= 0.6 is 11.6 Å². The Bertz CT molecular complexity index is 599. The van der Waals surface area contributed by atoms with Crippen LogP contribution in [0.4, 0.5) is 18.9 Å². The van der Waals surface area contributed by atoms with Gasteiger partial charge < -0.3 is 5.32 Å². The average Bonchev–Trinajstić information content (AvgIpc) is 2.42. The van der Waals surface area contributed by atoms with Crippen molar-refractivity contribution in [1.82, 2.24) is 0 Å². The van der Waals surface area contributed by atoms with Crippen molar-refractivity contribution in [3.63, 3.8) is 0 Å². The molecule has 0 aromatic heterocycles. The Morgan fingerprint density at radius 3 is 2.30 bits per heavy atom. The van der Waals surface area contributed by atoms with Crippen molar-refractivity contribution in [2.75, 3.05) is 5.32 Å². The van der Waals surface area contributed by atoms with Crippen molar-refractivity contribution in [3.8, 4) is 0 Å². The van der Waals surface area contributed by atoms with Crippen LogP contribution in [0, 0.1) is 17.5 Å². The molecule has 2 aromatic rings. The summed E-state index contributed by atoms with van der Waals surface area (Å²) in [6, 6.07) is 9.20. The van der Waals surface area contributed by atoms with Crippen LogP contribution in [0.2, 0.25) is 5.02 Å². The second kappa shape index (κ2) is 6.18. The number of anilines is 1. The first kappa shape index (κ1) is 14.7. The molecule has 0 saturated heterocycles. The Kier molecular flexibility index (Phi) is 4.55. The second-order valence-electron chi connectivity index (χ2n) is 4.60. The van der Waals surface area contributed by atoms with Gasteiger partial charge in [-0.2, -0.15) is 0 Å². The van der Waals surface area contributed by atoms with Gasteiger partial charge in [0.1, 0.15) is 0 Å². The van der Waals surface area contributed by atoms with Crippen LogP contribution in [0.25, 0.3) is 0 Å². The van der Waals surface area contributed by atoms with E-state index in [1.54, 1.807) is 12.1 Å². The van der Waals surface area contributed by atoms with E-state index in [4.69, 9.17) is 11.6 Å². The fraction of sp³-hybridized carbons (Fsp3) is 0.200. The third-order valence-corrected chi connectivity index (χ3v) is 3.14. The van der Waals surface area contributed by atoms with Gasteiger partial charge in [0.25, 0.3) is 0 Å². The molecule has 0 radical (unpaired) electrons. The Hall–Kier alpha value is -1.68. The normalized spacial score (nSPS) is 12.2. The molecule has 0 aliphatic carbocycles. The van der Waals surface area contributed by atoms with E-state index in [0.29, 0.717) is 11.4 Å². The average molecular weight is 300 g/mol. The highest BCUT2D eigenvalue weighted by atomic mass is 35.5. The number of hydrogen-bond acceptors (Lipinski definition) is 1. The summed E-state index contributed by atoms with van der Waals surface area (Å²) >= 11 is 5.79. The molecule has 0 heterocycles. The highest BCUT2D eigenvalue weighted by Gasteiger charge is 2.14. The van der Waals surface area contributed by atoms with Gasteiger partial charge in [-0.1, -0.05) is 23.7 Å². The quantitative estimate of drug-likeness (QED) is 0.800. The SMILES string of the molecule is CC(Cc1ccc(Cl)cc1)Nc1ccc(F)c(F)c1F. The molecule has 0 bridgehead atoms. The monoisotopic (exact) mass is 299 g/mol. The molecule has 0 aliphatic rings. The number of benzene rings is 2. The van der Waals surface area contributed by atoms with Gasteiger partial charge in [0.05, 0.1) is 5.69 Å². The third kappa shape index (κ3) is 3.45. The van der Waals surface area contributed by atoms with Gasteiger partial charge in [0, 0.05) is 11.1 Å². The van der Waals surface area contributed by atoms with E-state index >= 15 is 0 Å². The molecule has 1 N–H and O–H groups in total. The topological polar surface area (TPSA) is 12.0 Å². The zero-order valence-corrected chi connectivity index (χ0v) is 11.5. The fourth-order valence-corrected chi connectivity index (χ4v) is 2.05. The standard InChI is InChI=1S/C15H13ClF3N/c1-9(8-10-2-4-11(16)5-3-10)20-13-7-6-12(17)14(18)15(13)19/h2-7,9,20H,8H2,1H3. The van der Waals surface area contributed by atoms with Crippen molar-refractivity contribution in [2.45, 2.75) is 19.4 Å². The molecular weight excluding hydrogens is 287 g/mol. The largest absolute Gasteiger partial charge is 0.380 e. The first-order valence-electron chi connectivity index (χ1n) is 6.12. The smallest absolute Gasteiger partial charge is 0.196 e. The Balaban J connectivity index is 2.06. The van der Waals surface area contributed by atoms with Crippen LogP contribution in [0.1, 0.15) is 12.5 Å².